The fourth-order valence-corrected chi connectivity index (χ4v) is 3.53. The number of nitrogen functional groups attached to an aromatic ring is 1. The number of nitrogens with two attached hydrogens (primary N) is 1. The molecule has 0 saturated carbocycles. The maximum atomic E-state index is 11.8. The van der Waals surface area contributed by atoms with E-state index in [9.17, 15) is 8.42 Å². The van der Waals surface area contributed by atoms with Crippen LogP contribution in [0.1, 0.15) is 0 Å². The van der Waals surface area contributed by atoms with Crippen molar-refractivity contribution in [2.75, 3.05) is 10.5 Å². The topological polar surface area (TPSA) is 101 Å². The van der Waals surface area contributed by atoms with Crippen molar-refractivity contribution in [1.82, 2.24) is 10.2 Å². The van der Waals surface area contributed by atoms with Crippen LogP contribution in [0.5, 0.6) is 0 Å². The van der Waals surface area contributed by atoms with Gasteiger partial charge in [-0.2, -0.15) is 5.10 Å². The third-order valence-electron chi connectivity index (χ3n) is 1.72. The van der Waals surface area contributed by atoms with E-state index in [4.69, 9.17) is 17.3 Å². The van der Waals surface area contributed by atoms with Crippen molar-refractivity contribution >= 4 is 44.5 Å². The van der Waals surface area contributed by atoms with Gasteiger partial charge in [0.25, 0.3) is 10.0 Å². The summed E-state index contributed by atoms with van der Waals surface area (Å²) in [6.07, 6.45) is 1.32. The van der Waals surface area contributed by atoms with E-state index in [1.807, 2.05) is 0 Å². The third-order valence-corrected chi connectivity index (χ3v) is 4.79. The first-order valence-corrected chi connectivity index (χ1v) is 6.74. The summed E-state index contributed by atoms with van der Waals surface area (Å²) in [7, 11) is -3.65. The van der Waals surface area contributed by atoms with E-state index in [0.29, 0.717) is 4.34 Å². The summed E-state index contributed by atoms with van der Waals surface area (Å²) in [5, 5.41) is 6.05. The van der Waals surface area contributed by atoms with Crippen molar-refractivity contribution in [3.63, 3.8) is 0 Å². The second kappa shape index (κ2) is 3.96. The van der Waals surface area contributed by atoms with Gasteiger partial charge in [0, 0.05) is 0 Å². The Labute approximate surface area is 100 Å². The van der Waals surface area contributed by atoms with E-state index in [2.05, 4.69) is 14.9 Å². The number of nitrogens with zero attached hydrogens (tertiary/aromatic N) is 1. The minimum absolute atomic E-state index is 0.117. The Bertz CT molecular complexity index is 603. The second-order valence-electron chi connectivity index (χ2n) is 2.86. The molecule has 86 valence electrons. The standard InChI is InChI=1S/C7H7ClN4O2S2/c8-5-1-2-6(15-5)16(13,14)12-7-4(9)3-10-11-7/h1-3H,9H2,(H2,10,11,12). The summed E-state index contributed by atoms with van der Waals surface area (Å²) >= 11 is 6.62. The molecule has 0 amide bonds. The van der Waals surface area contributed by atoms with Crippen LogP contribution in [0.25, 0.3) is 0 Å². The quantitative estimate of drug-likeness (QED) is 0.792. The first-order chi connectivity index (χ1) is 7.49. The van der Waals surface area contributed by atoms with Crippen molar-refractivity contribution in [3.8, 4) is 0 Å². The molecule has 2 rings (SSSR count). The molecule has 16 heavy (non-hydrogen) atoms. The zero-order valence-electron chi connectivity index (χ0n) is 7.77. The van der Waals surface area contributed by atoms with E-state index < -0.39 is 10.0 Å². The fourth-order valence-electron chi connectivity index (χ4n) is 1.00. The Morgan fingerprint density at radius 2 is 2.25 bits per heavy atom. The molecule has 0 bridgehead atoms. The average molecular weight is 279 g/mol. The summed E-state index contributed by atoms with van der Waals surface area (Å²) in [5.74, 6) is 0.143. The van der Waals surface area contributed by atoms with Crippen LogP contribution < -0.4 is 10.5 Å². The molecule has 0 fully saturated rings. The predicted octanol–water partition coefficient (Wildman–Crippen LogP) is 1.51. The van der Waals surface area contributed by atoms with Crippen molar-refractivity contribution in [2.45, 2.75) is 4.21 Å². The SMILES string of the molecule is Nc1cn[nH]c1NS(=O)(=O)c1ccc(Cl)s1. The Balaban J connectivity index is 2.31. The number of H-pyrrole nitrogens is 1. The van der Waals surface area contributed by atoms with Crippen LogP contribution in [0.2, 0.25) is 4.34 Å². The molecule has 0 aliphatic carbocycles. The van der Waals surface area contributed by atoms with Gasteiger partial charge in [-0.05, 0) is 12.1 Å². The Morgan fingerprint density at radius 3 is 2.75 bits per heavy atom. The van der Waals surface area contributed by atoms with Gasteiger partial charge in [0.15, 0.2) is 5.82 Å². The highest BCUT2D eigenvalue weighted by atomic mass is 35.5. The molecule has 2 aromatic heterocycles. The number of aromatic nitrogens is 2. The van der Waals surface area contributed by atoms with Crippen LogP contribution in [0.4, 0.5) is 11.5 Å². The zero-order chi connectivity index (χ0) is 11.8. The summed E-state index contributed by atoms with van der Waals surface area (Å²) < 4.78 is 26.4. The number of hydrogen-bond donors (Lipinski definition) is 3. The highest BCUT2D eigenvalue weighted by molar-refractivity contribution is 7.94. The number of rotatable bonds is 3. The Kier molecular flexibility index (Phi) is 2.78. The molecule has 6 nitrogen and oxygen atoms in total. The summed E-state index contributed by atoms with van der Waals surface area (Å²) in [6, 6.07) is 2.93. The normalized spacial score (nSPS) is 11.6. The van der Waals surface area contributed by atoms with Gasteiger partial charge in [-0.3, -0.25) is 9.82 Å². The van der Waals surface area contributed by atoms with Crippen LogP contribution in [-0.2, 0) is 10.0 Å². The van der Waals surface area contributed by atoms with Crippen molar-refractivity contribution in [2.24, 2.45) is 0 Å². The second-order valence-corrected chi connectivity index (χ2v) is 6.49. The van der Waals surface area contributed by atoms with Crippen LogP contribution >= 0.6 is 22.9 Å². The molecule has 0 unspecified atom stereocenters. The van der Waals surface area contributed by atoms with Gasteiger partial charge in [-0.25, -0.2) is 8.42 Å². The zero-order valence-corrected chi connectivity index (χ0v) is 10.2. The van der Waals surface area contributed by atoms with Gasteiger partial charge < -0.3 is 5.73 Å². The van der Waals surface area contributed by atoms with Crippen molar-refractivity contribution in [1.29, 1.82) is 0 Å². The third kappa shape index (κ3) is 2.13. The molecular formula is C7H7ClN4O2S2. The fraction of sp³-hybridized carbons (Fsp3) is 0. The first kappa shape index (κ1) is 11.2. The molecule has 0 aliphatic rings. The highest BCUT2D eigenvalue weighted by Crippen LogP contribution is 2.27. The lowest BCUT2D eigenvalue weighted by Gasteiger charge is -2.03. The molecule has 4 N–H and O–H groups in total. The molecule has 0 spiro atoms. The predicted molar refractivity (Wildman–Crippen MR) is 63.1 cm³/mol. The number of aromatic amines is 1. The monoisotopic (exact) mass is 278 g/mol. The molecule has 2 heterocycles. The molecule has 0 radical (unpaired) electrons. The van der Waals surface area contributed by atoms with Crippen molar-refractivity contribution in [3.05, 3.63) is 22.7 Å². The largest absolute Gasteiger partial charge is 0.394 e. The highest BCUT2D eigenvalue weighted by Gasteiger charge is 2.18. The van der Waals surface area contributed by atoms with Crippen LogP contribution in [-0.4, -0.2) is 18.6 Å². The Morgan fingerprint density at radius 1 is 1.50 bits per heavy atom. The Hall–Kier alpha value is -1.25. The van der Waals surface area contributed by atoms with Gasteiger partial charge in [-0.1, -0.05) is 11.6 Å². The molecule has 2 aromatic rings. The molecule has 9 heteroatoms. The molecule has 0 aromatic carbocycles. The molecular weight excluding hydrogens is 272 g/mol. The van der Waals surface area contributed by atoms with Crippen LogP contribution in [0.3, 0.4) is 0 Å². The maximum absolute atomic E-state index is 11.8. The molecule has 0 atom stereocenters. The van der Waals surface area contributed by atoms with Gasteiger partial charge in [0.05, 0.1) is 16.2 Å². The van der Waals surface area contributed by atoms with E-state index in [0.717, 1.165) is 11.3 Å². The smallest absolute Gasteiger partial charge is 0.272 e. The lowest BCUT2D eigenvalue weighted by Crippen LogP contribution is -2.12. The number of thiophene rings is 1. The number of anilines is 2. The van der Waals surface area contributed by atoms with Crippen LogP contribution in [0.15, 0.2) is 22.5 Å². The van der Waals surface area contributed by atoms with E-state index >= 15 is 0 Å². The maximum Gasteiger partial charge on any atom is 0.272 e. The van der Waals surface area contributed by atoms with Gasteiger partial charge in [-0.15, -0.1) is 11.3 Å². The summed E-state index contributed by atoms with van der Waals surface area (Å²) in [4.78, 5) is 0. The summed E-state index contributed by atoms with van der Waals surface area (Å²) in [5.41, 5.74) is 5.72. The minimum atomic E-state index is -3.65. The lowest BCUT2D eigenvalue weighted by molar-refractivity contribution is 0.603. The minimum Gasteiger partial charge on any atom is -0.394 e. The first-order valence-electron chi connectivity index (χ1n) is 4.06. The van der Waals surface area contributed by atoms with Crippen molar-refractivity contribution < 1.29 is 8.42 Å². The van der Waals surface area contributed by atoms with E-state index in [1.165, 1.54) is 18.3 Å². The van der Waals surface area contributed by atoms with Crippen LogP contribution in [0, 0.1) is 0 Å². The molecule has 0 saturated heterocycles. The van der Waals surface area contributed by atoms with Gasteiger partial charge in [0.1, 0.15) is 4.21 Å². The van der Waals surface area contributed by atoms with E-state index in [-0.39, 0.29) is 15.7 Å². The van der Waals surface area contributed by atoms with Gasteiger partial charge in [0.2, 0.25) is 0 Å². The average Bonchev–Trinajstić information content (AvgIpc) is 2.77. The van der Waals surface area contributed by atoms with E-state index in [1.54, 1.807) is 0 Å². The number of hydrogen-bond acceptors (Lipinski definition) is 5. The molecule has 0 aliphatic heterocycles. The number of halogens is 1. The lowest BCUT2D eigenvalue weighted by atomic mass is 10.6. The number of nitrogens with one attached hydrogen (secondary N) is 2. The number of sulfonamides is 1. The van der Waals surface area contributed by atoms with Gasteiger partial charge >= 0.3 is 0 Å². The summed E-state index contributed by atoms with van der Waals surface area (Å²) in [6.45, 7) is 0.